The first-order chi connectivity index (χ1) is 13.6. The van der Waals surface area contributed by atoms with Crippen LogP contribution in [-0.2, 0) is 29.2 Å². The van der Waals surface area contributed by atoms with Crippen LogP contribution in [-0.4, -0.2) is 23.3 Å². The van der Waals surface area contributed by atoms with E-state index in [0.717, 1.165) is 5.01 Å². The summed E-state index contributed by atoms with van der Waals surface area (Å²) >= 11 is 7.25. The van der Waals surface area contributed by atoms with Gasteiger partial charge < -0.3 is 19.8 Å². The number of hydrogen-bond acceptors (Lipinski definition) is 6. The molecule has 9 heteroatoms. The maximum absolute atomic E-state index is 12.0. The molecule has 0 unspecified atom stereocenters. The summed E-state index contributed by atoms with van der Waals surface area (Å²) in [4.78, 5) is 28.1. The van der Waals surface area contributed by atoms with Crippen LogP contribution in [0.5, 0.6) is 5.75 Å². The molecule has 0 spiro atoms. The Morgan fingerprint density at radius 2 is 1.96 bits per heavy atom. The van der Waals surface area contributed by atoms with Gasteiger partial charge >= 0.3 is 0 Å². The minimum Gasteiger partial charge on any atom is -0.486 e. The molecule has 2 aromatic heterocycles. The lowest BCUT2D eigenvalue weighted by atomic mass is 10.3. The number of halogens is 1. The Bertz CT molecular complexity index is 910. The Hall–Kier alpha value is -2.84. The van der Waals surface area contributed by atoms with Crippen molar-refractivity contribution in [3.8, 4) is 5.75 Å². The van der Waals surface area contributed by atoms with Gasteiger partial charge in [0.15, 0.2) is 0 Å². The molecular weight excluding hydrogens is 402 g/mol. The third-order valence-corrected chi connectivity index (χ3v) is 4.73. The molecule has 146 valence electrons. The summed E-state index contributed by atoms with van der Waals surface area (Å²) in [6.07, 6.45) is 1.63. The lowest BCUT2D eigenvalue weighted by Crippen LogP contribution is -2.37. The average molecular weight is 420 g/mol. The SMILES string of the molecule is O=C(CNC(=O)Cc1csc(COc2ccc(Cl)cc2)n1)NCc1ccco1. The zero-order chi connectivity index (χ0) is 19.8. The van der Waals surface area contributed by atoms with E-state index < -0.39 is 0 Å². The zero-order valence-electron chi connectivity index (χ0n) is 14.8. The normalized spacial score (nSPS) is 10.5. The zero-order valence-corrected chi connectivity index (χ0v) is 16.4. The van der Waals surface area contributed by atoms with Gasteiger partial charge in [0.1, 0.15) is 23.1 Å². The Morgan fingerprint density at radius 1 is 1.14 bits per heavy atom. The molecule has 7 nitrogen and oxygen atoms in total. The summed E-state index contributed by atoms with van der Waals surface area (Å²) in [7, 11) is 0. The first-order valence-corrected chi connectivity index (χ1v) is 9.71. The van der Waals surface area contributed by atoms with E-state index in [1.165, 1.54) is 17.6 Å². The summed E-state index contributed by atoms with van der Waals surface area (Å²) < 4.78 is 10.7. The summed E-state index contributed by atoms with van der Waals surface area (Å²) in [5.41, 5.74) is 0.633. The Kier molecular flexibility index (Phi) is 7.05. The maximum Gasteiger partial charge on any atom is 0.239 e. The highest BCUT2D eigenvalue weighted by molar-refractivity contribution is 7.09. The molecule has 2 N–H and O–H groups in total. The lowest BCUT2D eigenvalue weighted by molar-refractivity contribution is -0.125. The van der Waals surface area contributed by atoms with Crippen LogP contribution in [0.4, 0.5) is 0 Å². The number of furan rings is 1. The largest absolute Gasteiger partial charge is 0.486 e. The number of carbonyl (C=O) groups is 2. The second kappa shape index (κ2) is 9.91. The Balaban J connectivity index is 1.37. The van der Waals surface area contributed by atoms with Gasteiger partial charge in [-0.25, -0.2) is 4.98 Å². The third-order valence-electron chi connectivity index (χ3n) is 3.60. The van der Waals surface area contributed by atoms with E-state index in [2.05, 4.69) is 15.6 Å². The molecule has 1 aromatic carbocycles. The Labute approximate surface area is 170 Å². The van der Waals surface area contributed by atoms with E-state index in [-0.39, 0.29) is 31.3 Å². The van der Waals surface area contributed by atoms with E-state index in [1.807, 2.05) is 0 Å². The van der Waals surface area contributed by atoms with Crippen LogP contribution in [0.1, 0.15) is 16.5 Å². The number of nitrogens with zero attached hydrogens (tertiary/aromatic N) is 1. The predicted molar refractivity (Wildman–Crippen MR) is 105 cm³/mol. The topological polar surface area (TPSA) is 93.5 Å². The quantitative estimate of drug-likeness (QED) is 0.556. The number of benzene rings is 1. The molecule has 0 aliphatic heterocycles. The minimum atomic E-state index is -0.292. The van der Waals surface area contributed by atoms with Crippen molar-refractivity contribution in [3.63, 3.8) is 0 Å². The summed E-state index contributed by atoms with van der Waals surface area (Å²) in [6.45, 7) is 0.490. The fraction of sp³-hybridized carbons (Fsp3) is 0.211. The highest BCUT2D eigenvalue weighted by Gasteiger charge is 2.10. The van der Waals surface area contributed by atoms with Gasteiger partial charge in [-0.05, 0) is 36.4 Å². The first-order valence-electron chi connectivity index (χ1n) is 8.46. The predicted octanol–water partition coefficient (Wildman–Crippen LogP) is 2.94. The molecule has 0 bridgehead atoms. The highest BCUT2D eigenvalue weighted by atomic mass is 35.5. The van der Waals surface area contributed by atoms with Crippen molar-refractivity contribution >= 4 is 34.8 Å². The van der Waals surface area contributed by atoms with Crippen molar-refractivity contribution in [2.24, 2.45) is 0 Å². The number of carbonyl (C=O) groups excluding carboxylic acids is 2. The van der Waals surface area contributed by atoms with E-state index in [0.29, 0.717) is 28.8 Å². The van der Waals surface area contributed by atoms with E-state index in [1.54, 1.807) is 41.8 Å². The molecule has 2 amide bonds. The van der Waals surface area contributed by atoms with Crippen molar-refractivity contribution in [1.82, 2.24) is 15.6 Å². The molecule has 0 atom stereocenters. The van der Waals surface area contributed by atoms with Gasteiger partial charge in [-0.3, -0.25) is 9.59 Å². The van der Waals surface area contributed by atoms with Crippen molar-refractivity contribution in [2.45, 2.75) is 19.6 Å². The van der Waals surface area contributed by atoms with Crippen LogP contribution in [0.3, 0.4) is 0 Å². The second-order valence-electron chi connectivity index (χ2n) is 5.78. The van der Waals surface area contributed by atoms with Gasteiger partial charge in [-0.15, -0.1) is 11.3 Å². The van der Waals surface area contributed by atoms with Gasteiger partial charge in [0.25, 0.3) is 0 Å². The van der Waals surface area contributed by atoms with Crippen LogP contribution < -0.4 is 15.4 Å². The Morgan fingerprint density at radius 3 is 2.71 bits per heavy atom. The van der Waals surface area contributed by atoms with Crippen LogP contribution in [0.2, 0.25) is 5.02 Å². The summed E-state index contributed by atoms with van der Waals surface area (Å²) in [5.74, 6) is 0.777. The van der Waals surface area contributed by atoms with Gasteiger partial charge in [-0.2, -0.15) is 0 Å². The number of rotatable bonds is 9. The van der Waals surface area contributed by atoms with E-state index >= 15 is 0 Å². The smallest absolute Gasteiger partial charge is 0.239 e. The number of ether oxygens (including phenoxy) is 1. The van der Waals surface area contributed by atoms with Crippen molar-refractivity contribution < 1.29 is 18.7 Å². The van der Waals surface area contributed by atoms with Crippen LogP contribution in [0, 0.1) is 0 Å². The van der Waals surface area contributed by atoms with E-state index in [4.69, 9.17) is 20.8 Å². The maximum atomic E-state index is 12.0. The minimum absolute atomic E-state index is 0.100. The summed E-state index contributed by atoms with van der Waals surface area (Å²) in [5, 5.41) is 8.44. The molecule has 0 radical (unpaired) electrons. The molecule has 0 aliphatic rings. The summed E-state index contributed by atoms with van der Waals surface area (Å²) in [6, 6.07) is 10.6. The van der Waals surface area contributed by atoms with Crippen LogP contribution in [0.25, 0.3) is 0 Å². The highest BCUT2D eigenvalue weighted by Crippen LogP contribution is 2.18. The molecule has 0 fully saturated rings. The van der Waals surface area contributed by atoms with Crippen LogP contribution in [0.15, 0.2) is 52.5 Å². The van der Waals surface area contributed by atoms with Crippen molar-refractivity contribution in [2.75, 3.05) is 6.54 Å². The fourth-order valence-electron chi connectivity index (χ4n) is 2.24. The number of amides is 2. The molecular formula is C19H18ClN3O4S. The molecule has 28 heavy (non-hydrogen) atoms. The van der Waals surface area contributed by atoms with Crippen molar-refractivity contribution in [3.05, 3.63) is 69.5 Å². The van der Waals surface area contributed by atoms with Gasteiger partial charge in [-0.1, -0.05) is 11.6 Å². The van der Waals surface area contributed by atoms with Gasteiger partial charge in [0.2, 0.25) is 11.8 Å². The average Bonchev–Trinajstić information content (AvgIpc) is 3.36. The molecule has 3 aromatic rings. The number of nitrogens with one attached hydrogen (secondary N) is 2. The number of thiazole rings is 1. The number of aromatic nitrogens is 1. The standard InChI is InChI=1S/C19H18ClN3O4S/c20-13-3-5-15(6-4-13)27-11-19-23-14(12-28-19)8-17(24)22-10-18(25)21-9-16-2-1-7-26-16/h1-7,12H,8-11H2,(H,21,25)(H,22,24). The molecule has 0 saturated carbocycles. The molecule has 3 rings (SSSR count). The number of hydrogen-bond donors (Lipinski definition) is 2. The first kappa shape index (κ1) is 19.9. The van der Waals surface area contributed by atoms with Crippen LogP contribution >= 0.6 is 22.9 Å². The molecule has 0 aliphatic carbocycles. The van der Waals surface area contributed by atoms with Gasteiger partial charge in [0, 0.05) is 10.4 Å². The lowest BCUT2D eigenvalue weighted by Gasteiger charge is -2.05. The fourth-order valence-corrected chi connectivity index (χ4v) is 3.07. The van der Waals surface area contributed by atoms with Crippen molar-refractivity contribution in [1.29, 1.82) is 0 Å². The van der Waals surface area contributed by atoms with E-state index in [9.17, 15) is 9.59 Å². The monoisotopic (exact) mass is 419 g/mol. The van der Waals surface area contributed by atoms with Gasteiger partial charge in [0.05, 0.1) is 31.5 Å². The molecule has 2 heterocycles. The third kappa shape index (κ3) is 6.40. The second-order valence-corrected chi connectivity index (χ2v) is 7.16. The molecule has 0 saturated heterocycles.